The monoisotopic (exact) mass is 315 g/mol. The van der Waals surface area contributed by atoms with Crippen molar-refractivity contribution in [1.29, 1.82) is 0 Å². The quantitative estimate of drug-likeness (QED) is 0.789. The number of hydrogen-bond acceptors (Lipinski definition) is 3. The summed E-state index contributed by atoms with van der Waals surface area (Å²) in [4.78, 5) is 12.1. The molecule has 2 aromatic rings. The number of carbonyl (C=O) groups is 1. The zero-order valence-corrected chi connectivity index (χ0v) is 14.2. The van der Waals surface area contributed by atoms with E-state index in [1.807, 2.05) is 13.0 Å². The average molecular weight is 315 g/mol. The average Bonchev–Trinajstić information content (AvgIpc) is 2.88. The molecular formula is C19H25NO3. The van der Waals surface area contributed by atoms with Gasteiger partial charge in [0.15, 0.2) is 0 Å². The van der Waals surface area contributed by atoms with Crippen molar-refractivity contribution in [3.05, 3.63) is 29.5 Å². The number of esters is 1. The normalized spacial score (nSPS) is 17.1. The minimum absolute atomic E-state index is 0.0191. The highest BCUT2D eigenvalue weighted by Crippen LogP contribution is 2.36. The van der Waals surface area contributed by atoms with Crippen LogP contribution in [0.1, 0.15) is 37.9 Å². The van der Waals surface area contributed by atoms with Crippen LogP contribution in [-0.4, -0.2) is 24.3 Å². The van der Waals surface area contributed by atoms with Crippen LogP contribution in [0.3, 0.4) is 0 Å². The molecule has 1 unspecified atom stereocenters. The Bertz CT molecular complexity index is 717. The van der Waals surface area contributed by atoms with Crippen molar-refractivity contribution in [2.24, 2.45) is 5.92 Å². The third-order valence-corrected chi connectivity index (χ3v) is 4.74. The second-order valence-electron chi connectivity index (χ2n) is 6.15. The molecule has 1 aliphatic carbocycles. The van der Waals surface area contributed by atoms with Gasteiger partial charge in [0, 0.05) is 23.1 Å². The van der Waals surface area contributed by atoms with Crippen molar-refractivity contribution in [3.8, 4) is 5.75 Å². The maximum absolute atomic E-state index is 12.1. The number of carbonyl (C=O) groups excluding carboxylic acids is 1. The molecule has 1 atom stereocenters. The Kier molecular flexibility index (Phi) is 4.60. The Hall–Kier alpha value is -1.97. The van der Waals surface area contributed by atoms with Gasteiger partial charge in [-0.25, -0.2) is 0 Å². The van der Waals surface area contributed by atoms with Gasteiger partial charge in [-0.05, 0) is 56.4 Å². The number of fused-ring (bicyclic) bond motifs is 3. The third kappa shape index (κ3) is 2.82. The van der Waals surface area contributed by atoms with Gasteiger partial charge in [-0.2, -0.15) is 0 Å². The van der Waals surface area contributed by atoms with Crippen molar-refractivity contribution in [2.45, 2.75) is 46.1 Å². The van der Waals surface area contributed by atoms with Crippen molar-refractivity contribution in [3.63, 3.8) is 0 Å². The van der Waals surface area contributed by atoms with Gasteiger partial charge in [0.1, 0.15) is 5.75 Å². The first kappa shape index (κ1) is 15.9. The van der Waals surface area contributed by atoms with Crippen LogP contribution in [0, 0.1) is 5.92 Å². The number of benzene rings is 1. The molecule has 0 amide bonds. The Morgan fingerprint density at radius 1 is 1.35 bits per heavy atom. The maximum Gasteiger partial charge on any atom is 0.309 e. The van der Waals surface area contributed by atoms with E-state index >= 15 is 0 Å². The topological polar surface area (TPSA) is 40.5 Å². The number of nitrogens with zero attached hydrogens (tertiary/aromatic N) is 1. The van der Waals surface area contributed by atoms with E-state index in [0.29, 0.717) is 6.61 Å². The van der Waals surface area contributed by atoms with Crippen LogP contribution >= 0.6 is 0 Å². The third-order valence-electron chi connectivity index (χ3n) is 4.74. The first-order valence-corrected chi connectivity index (χ1v) is 8.54. The van der Waals surface area contributed by atoms with Gasteiger partial charge in [-0.3, -0.25) is 4.79 Å². The molecule has 23 heavy (non-hydrogen) atoms. The van der Waals surface area contributed by atoms with Gasteiger partial charge in [0.2, 0.25) is 0 Å². The van der Waals surface area contributed by atoms with E-state index < -0.39 is 0 Å². The van der Waals surface area contributed by atoms with Gasteiger partial charge >= 0.3 is 5.97 Å². The number of aromatic nitrogens is 1. The molecule has 1 heterocycles. The molecule has 0 aliphatic heterocycles. The van der Waals surface area contributed by atoms with E-state index in [1.54, 1.807) is 7.11 Å². The van der Waals surface area contributed by atoms with Crippen LogP contribution in [0.25, 0.3) is 10.9 Å². The molecule has 0 fully saturated rings. The Balaban J connectivity index is 2.06. The van der Waals surface area contributed by atoms with Crippen LogP contribution in [0.4, 0.5) is 0 Å². The summed E-state index contributed by atoms with van der Waals surface area (Å²) in [5.41, 5.74) is 3.94. The van der Waals surface area contributed by atoms with E-state index in [0.717, 1.165) is 38.0 Å². The summed E-state index contributed by atoms with van der Waals surface area (Å²) in [6, 6.07) is 6.26. The van der Waals surface area contributed by atoms with E-state index in [-0.39, 0.29) is 11.9 Å². The van der Waals surface area contributed by atoms with Crippen LogP contribution < -0.4 is 4.74 Å². The van der Waals surface area contributed by atoms with Gasteiger partial charge in [-0.15, -0.1) is 0 Å². The van der Waals surface area contributed by atoms with Gasteiger partial charge in [0.05, 0.1) is 19.6 Å². The predicted octanol–water partition coefficient (Wildman–Crippen LogP) is 3.73. The number of rotatable bonds is 5. The lowest BCUT2D eigenvalue weighted by atomic mass is 9.86. The highest BCUT2D eigenvalue weighted by molar-refractivity contribution is 5.88. The fourth-order valence-electron chi connectivity index (χ4n) is 3.70. The number of hydrogen-bond donors (Lipinski definition) is 0. The molecule has 0 bridgehead atoms. The summed E-state index contributed by atoms with van der Waals surface area (Å²) < 4.78 is 13.1. The molecule has 1 aromatic carbocycles. The Morgan fingerprint density at radius 2 is 2.17 bits per heavy atom. The van der Waals surface area contributed by atoms with Crippen LogP contribution in [0.2, 0.25) is 0 Å². The molecule has 1 aliphatic rings. The minimum Gasteiger partial charge on any atom is -0.497 e. The fraction of sp³-hybridized carbons (Fsp3) is 0.526. The van der Waals surface area contributed by atoms with E-state index in [9.17, 15) is 4.79 Å². The standard InChI is InChI=1S/C19H25NO3/c1-4-10-20-17-8-6-13(19(21)23-5-2)11-15(17)16-12-14(22-3)7-9-18(16)20/h7,9,12-13H,4-6,8,10-11H2,1-3H3. The second-order valence-corrected chi connectivity index (χ2v) is 6.15. The number of methoxy groups -OCH3 is 1. The SMILES string of the molecule is CCCn1c2c(c3cc(OC)ccc31)CC(C(=O)OCC)CC2. The smallest absolute Gasteiger partial charge is 0.309 e. The Labute approximate surface area is 137 Å². The molecule has 1 aromatic heterocycles. The molecule has 0 spiro atoms. The van der Waals surface area contributed by atoms with Gasteiger partial charge in [0.25, 0.3) is 0 Å². The number of ether oxygens (including phenoxy) is 2. The second kappa shape index (κ2) is 6.65. The molecule has 4 nitrogen and oxygen atoms in total. The highest BCUT2D eigenvalue weighted by Gasteiger charge is 2.30. The van der Waals surface area contributed by atoms with Crippen molar-refractivity contribution < 1.29 is 14.3 Å². The summed E-state index contributed by atoms with van der Waals surface area (Å²) in [6.45, 7) is 5.53. The minimum atomic E-state index is -0.0579. The van der Waals surface area contributed by atoms with E-state index in [1.165, 1.54) is 22.2 Å². The first-order chi connectivity index (χ1) is 11.2. The summed E-state index contributed by atoms with van der Waals surface area (Å²) >= 11 is 0. The summed E-state index contributed by atoms with van der Waals surface area (Å²) in [6.07, 6.45) is 3.69. The molecule has 0 radical (unpaired) electrons. The van der Waals surface area contributed by atoms with Gasteiger partial charge < -0.3 is 14.0 Å². The molecule has 4 heteroatoms. The lowest BCUT2D eigenvalue weighted by molar-refractivity contribution is -0.148. The van der Waals surface area contributed by atoms with Crippen molar-refractivity contribution in [1.82, 2.24) is 4.57 Å². The highest BCUT2D eigenvalue weighted by atomic mass is 16.5. The molecule has 3 rings (SSSR count). The fourth-order valence-corrected chi connectivity index (χ4v) is 3.70. The van der Waals surface area contributed by atoms with E-state index in [2.05, 4.69) is 23.6 Å². The molecule has 124 valence electrons. The molecule has 0 N–H and O–H groups in total. The molecular weight excluding hydrogens is 290 g/mol. The Morgan fingerprint density at radius 3 is 2.87 bits per heavy atom. The summed E-state index contributed by atoms with van der Waals surface area (Å²) in [5, 5.41) is 1.22. The summed E-state index contributed by atoms with van der Waals surface area (Å²) in [5.74, 6) is 0.791. The van der Waals surface area contributed by atoms with Crippen molar-refractivity contribution in [2.75, 3.05) is 13.7 Å². The largest absolute Gasteiger partial charge is 0.497 e. The van der Waals surface area contributed by atoms with Gasteiger partial charge in [-0.1, -0.05) is 6.92 Å². The predicted molar refractivity (Wildman–Crippen MR) is 90.9 cm³/mol. The zero-order valence-electron chi connectivity index (χ0n) is 14.2. The van der Waals surface area contributed by atoms with Crippen LogP contribution in [-0.2, 0) is 28.9 Å². The lowest BCUT2D eigenvalue weighted by Crippen LogP contribution is -2.25. The number of aryl methyl sites for hydroxylation is 1. The van der Waals surface area contributed by atoms with E-state index in [4.69, 9.17) is 9.47 Å². The molecule has 0 saturated carbocycles. The maximum atomic E-state index is 12.1. The molecule has 0 saturated heterocycles. The van der Waals surface area contributed by atoms with Crippen LogP contribution in [0.5, 0.6) is 5.75 Å². The summed E-state index contributed by atoms with van der Waals surface area (Å²) in [7, 11) is 1.69. The van der Waals surface area contributed by atoms with Crippen molar-refractivity contribution >= 4 is 16.9 Å². The first-order valence-electron chi connectivity index (χ1n) is 8.54. The van der Waals surface area contributed by atoms with Crippen LogP contribution in [0.15, 0.2) is 18.2 Å². The zero-order chi connectivity index (χ0) is 16.4. The lowest BCUT2D eigenvalue weighted by Gasteiger charge is -2.22.